The quantitative estimate of drug-likeness (QED) is 0.0640. The summed E-state index contributed by atoms with van der Waals surface area (Å²) < 4.78 is 0. The van der Waals surface area contributed by atoms with Crippen LogP contribution in [0.1, 0.15) is 141 Å². The Hall–Kier alpha value is -5.71. The maximum atomic E-state index is 13.9. The third-order valence-corrected chi connectivity index (χ3v) is 12.1. The summed E-state index contributed by atoms with van der Waals surface area (Å²) in [6, 6.07) is 2.50. The van der Waals surface area contributed by atoms with Crippen LogP contribution in [0.5, 0.6) is 11.5 Å². The smallest absolute Gasteiger partial charge is 0.326 e. The zero-order valence-corrected chi connectivity index (χ0v) is 38.8. The molecule has 0 aromatic heterocycles. The number of aliphatic carboxylic acids is 1. The third kappa shape index (κ3) is 17.3. The van der Waals surface area contributed by atoms with Crippen LogP contribution in [0.25, 0.3) is 11.1 Å². The molecule has 3 rings (SSSR count). The Balaban J connectivity index is 1.54. The molecule has 2 aromatic rings. The number of aliphatic hydroxyl groups is 1. The van der Waals surface area contributed by atoms with Crippen LogP contribution < -0.4 is 21.3 Å². The molecule has 5 atom stereocenters. The topological polar surface area (TPSA) is 255 Å². The van der Waals surface area contributed by atoms with Gasteiger partial charge in [-0.15, -0.1) is 0 Å². The summed E-state index contributed by atoms with van der Waals surface area (Å²) in [7, 11) is 2.90. The van der Waals surface area contributed by atoms with Crippen molar-refractivity contribution in [2.45, 2.75) is 160 Å². The Morgan fingerprint density at radius 1 is 0.769 bits per heavy atom. The number of phenols is 2. The molecule has 2 aromatic carbocycles. The number of likely N-dealkylation sites (N-methyl/N-ethyl adjacent to an activating group) is 2. The number of carbonyl (C=O) groups excluding carboxylic acids is 6. The number of aromatic hydroxyl groups is 2. The fraction of sp³-hybridized carbons (Fsp3) is 0.604. The number of hydrogen-bond donors (Lipinski definition) is 8. The molecular formula is C48H72N6O11. The van der Waals surface area contributed by atoms with Gasteiger partial charge in [-0.1, -0.05) is 96.1 Å². The SMILES string of the molecule is CCCCCCCCCCCCCCCC(=O)N(C)[C@H](CO)CCC(=O)N[C@H](C)C(=O)NCC(=O)N(C)[C@@H]1C(=O)N[C@@H](C)C(=O)N[C@H](C(=O)O)Cc2ccc(O)c(c2)-c2cc1ccc2O. The van der Waals surface area contributed by atoms with E-state index in [4.69, 9.17) is 0 Å². The van der Waals surface area contributed by atoms with Crippen molar-refractivity contribution >= 4 is 41.4 Å². The van der Waals surface area contributed by atoms with E-state index in [-0.39, 0.29) is 60.0 Å². The molecule has 0 unspecified atom stereocenters. The van der Waals surface area contributed by atoms with E-state index < -0.39 is 72.3 Å². The van der Waals surface area contributed by atoms with Gasteiger partial charge in [-0.25, -0.2) is 4.79 Å². The molecule has 360 valence electrons. The van der Waals surface area contributed by atoms with E-state index in [0.29, 0.717) is 12.0 Å². The highest BCUT2D eigenvalue weighted by molar-refractivity contribution is 5.95. The van der Waals surface area contributed by atoms with Crippen LogP contribution in [0.3, 0.4) is 0 Å². The largest absolute Gasteiger partial charge is 0.507 e. The number of amides is 6. The van der Waals surface area contributed by atoms with Crippen molar-refractivity contribution in [2.24, 2.45) is 0 Å². The first kappa shape index (κ1) is 53.6. The van der Waals surface area contributed by atoms with E-state index in [9.17, 15) is 54.0 Å². The fourth-order valence-corrected chi connectivity index (χ4v) is 7.85. The molecule has 0 radical (unpaired) electrons. The van der Waals surface area contributed by atoms with Gasteiger partial charge in [0.2, 0.25) is 35.4 Å². The molecule has 0 saturated carbocycles. The zero-order valence-electron chi connectivity index (χ0n) is 38.8. The highest BCUT2D eigenvalue weighted by Crippen LogP contribution is 2.38. The minimum atomic E-state index is -1.45. The van der Waals surface area contributed by atoms with Crippen molar-refractivity contribution in [1.29, 1.82) is 0 Å². The highest BCUT2D eigenvalue weighted by atomic mass is 16.4. The summed E-state index contributed by atoms with van der Waals surface area (Å²) in [5.74, 6) is -5.62. The van der Waals surface area contributed by atoms with Crippen LogP contribution in [-0.2, 0) is 40.0 Å². The molecule has 0 saturated heterocycles. The van der Waals surface area contributed by atoms with Crippen LogP contribution >= 0.6 is 0 Å². The van der Waals surface area contributed by atoms with Gasteiger partial charge in [0, 0.05) is 44.5 Å². The third-order valence-electron chi connectivity index (χ3n) is 12.1. The molecule has 8 N–H and O–H groups in total. The number of nitrogens with zero attached hydrogens (tertiary/aromatic N) is 2. The van der Waals surface area contributed by atoms with Gasteiger partial charge in [-0.3, -0.25) is 28.8 Å². The molecular weight excluding hydrogens is 837 g/mol. The minimum Gasteiger partial charge on any atom is -0.507 e. The molecule has 0 fully saturated rings. The molecule has 6 amide bonds. The van der Waals surface area contributed by atoms with Crippen LogP contribution in [0, 0.1) is 0 Å². The first-order chi connectivity index (χ1) is 31.0. The number of unbranched alkanes of at least 4 members (excludes halogenated alkanes) is 12. The van der Waals surface area contributed by atoms with Gasteiger partial charge in [-0.05, 0) is 62.1 Å². The number of hydrogen-bond acceptors (Lipinski definition) is 10. The number of benzene rings is 2. The van der Waals surface area contributed by atoms with Crippen molar-refractivity contribution in [3.63, 3.8) is 0 Å². The van der Waals surface area contributed by atoms with E-state index in [1.165, 1.54) is 120 Å². The average Bonchev–Trinajstić information content (AvgIpc) is 3.27. The molecule has 1 aliphatic rings. The number of phenolic OH excluding ortho intramolecular Hbond substituents is 2. The number of carboxylic acids is 1. The second kappa shape index (κ2) is 27.6. The Morgan fingerprint density at radius 2 is 1.34 bits per heavy atom. The van der Waals surface area contributed by atoms with E-state index >= 15 is 0 Å². The van der Waals surface area contributed by atoms with E-state index in [1.54, 1.807) is 7.05 Å². The van der Waals surface area contributed by atoms with Crippen LogP contribution in [0.2, 0.25) is 0 Å². The second-order valence-corrected chi connectivity index (χ2v) is 17.2. The lowest BCUT2D eigenvalue weighted by atomic mass is 9.94. The van der Waals surface area contributed by atoms with Crippen molar-refractivity contribution in [3.05, 3.63) is 47.5 Å². The number of carbonyl (C=O) groups is 7. The maximum absolute atomic E-state index is 13.9. The summed E-state index contributed by atoms with van der Waals surface area (Å²) in [6.45, 7) is 4.05. The fourth-order valence-electron chi connectivity index (χ4n) is 7.85. The molecule has 0 spiro atoms. The van der Waals surface area contributed by atoms with Crippen LogP contribution in [0.15, 0.2) is 36.4 Å². The van der Waals surface area contributed by atoms with Gasteiger partial charge in [0.05, 0.1) is 19.2 Å². The predicted octanol–water partition coefficient (Wildman–Crippen LogP) is 4.60. The molecule has 1 heterocycles. The number of nitrogens with one attached hydrogen (secondary N) is 4. The van der Waals surface area contributed by atoms with Crippen molar-refractivity contribution < 1.29 is 54.0 Å². The monoisotopic (exact) mass is 909 g/mol. The first-order valence-corrected chi connectivity index (χ1v) is 23.2. The molecule has 17 nitrogen and oxygen atoms in total. The van der Waals surface area contributed by atoms with Gasteiger partial charge in [0.25, 0.3) is 0 Å². The molecule has 65 heavy (non-hydrogen) atoms. The van der Waals surface area contributed by atoms with Gasteiger partial charge in [-0.2, -0.15) is 0 Å². The van der Waals surface area contributed by atoms with Crippen molar-refractivity contribution in [1.82, 2.24) is 31.1 Å². The van der Waals surface area contributed by atoms with E-state index in [2.05, 4.69) is 28.2 Å². The summed E-state index contributed by atoms with van der Waals surface area (Å²) in [4.78, 5) is 93.9. The summed E-state index contributed by atoms with van der Waals surface area (Å²) >= 11 is 0. The Morgan fingerprint density at radius 3 is 1.92 bits per heavy atom. The summed E-state index contributed by atoms with van der Waals surface area (Å²) in [5, 5.41) is 51.4. The van der Waals surface area contributed by atoms with Gasteiger partial charge < -0.3 is 51.5 Å². The standard InChI is InChI=1S/C48H72N6O11/c1-6-7-8-9-10-11-12-13-14-15-16-17-18-19-42(59)53(4)35(30-55)22-25-41(58)50-31(2)45(61)49-29-43(60)54(5)44-34-21-24-40(57)37(28-34)36-26-33(20-23-39(36)56)27-38(48(64)65)52-46(62)32(3)51-47(44)63/h20-21,23-24,26,28,31-32,35,38,44,55-57H,6-19,22,25,27,29-30H2,1-5H3,(H,49,61)(H,50,58)(H,51,63)(H,52,62)(H,64,65)/t31-,32+,35+,38+,44+/m1/s1. The van der Waals surface area contributed by atoms with Gasteiger partial charge in [0.1, 0.15) is 35.7 Å². The second-order valence-electron chi connectivity index (χ2n) is 17.2. The average molecular weight is 909 g/mol. The highest BCUT2D eigenvalue weighted by Gasteiger charge is 2.33. The number of fused-ring (bicyclic) bond motifs is 5. The number of aliphatic hydroxyl groups excluding tert-OH is 1. The van der Waals surface area contributed by atoms with Crippen LogP contribution in [0.4, 0.5) is 0 Å². The van der Waals surface area contributed by atoms with Crippen molar-refractivity contribution in [2.75, 3.05) is 27.2 Å². The zero-order chi connectivity index (χ0) is 48.1. The lowest BCUT2D eigenvalue weighted by Crippen LogP contribution is -2.54. The lowest BCUT2D eigenvalue weighted by molar-refractivity contribution is -0.143. The number of rotatable bonds is 25. The first-order valence-electron chi connectivity index (χ1n) is 23.2. The Labute approximate surface area is 383 Å². The van der Waals surface area contributed by atoms with E-state index in [0.717, 1.165) is 30.6 Å². The molecule has 0 aliphatic carbocycles. The Bertz CT molecular complexity index is 1930. The lowest BCUT2D eigenvalue weighted by Gasteiger charge is -2.30. The molecule has 1 aliphatic heterocycles. The summed E-state index contributed by atoms with van der Waals surface area (Å²) in [6.07, 6.45) is 15.9. The predicted molar refractivity (Wildman–Crippen MR) is 245 cm³/mol. The molecule has 4 bridgehead atoms. The normalized spacial score (nSPS) is 17.1. The minimum absolute atomic E-state index is 0.0768. The van der Waals surface area contributed by atoms with Gasteiger partial charge >= 0.3 is 5.97 Å². The Kier molecular flexibility index (Phi) is 22.8. The molecule has 17 heteroatoms. The summed E-state index contributed by atoms with van der Waals surface area (Å²) in [5.41, 5.74) is 0.766. The van der Waals surface area contributed by atoms with Crippen LogP contribution in [-0.4, -0.2) is 123 Å². The maximum Gasteiger partial charge on any atom is 0.326 e. The number of carboxylic acid groups (broad SMARTS) is 1. The van der Waals surface area contributed by atoms with E-state index in [1.807, 2.05) is 0 Å². The van der Waals surface area contributed by atoms with Gasteiger partial charge in [0.15, 0.2) is 0 Å². The van der Waals surface area contributed by atoms with Crippen molar-refractivity contribution in [3.8, 4) is 22.6 Å².